The van der Waals surface area contributed by atoms with Gasteiger partial charge in [-0.25, -0.2) is 4.98 Å². The number of fused-ring (bicyclic) bond motifs is 1. The van der Waals surface area contributed by atoms with Crippen LogP contribution >= 0.6 is 11.6 Å². The van der Waals surface area contributed by atoms with E-state index < -0.39 is 0 Å². The largest absolute Gasteiger partial charge is 0.368 e. The molecule has 1 aromatic carbocycles. The van der Waals surface area contributed by atoms with Crippen LogP contribution in [0.5, 0.6) is 0 Å². The van der Waals surface area contributed by atoms with Crippen LogP contribution in [0.25, 0.3) is 10.8 Å². The smallest absolute Gasteiger partial charge is 0.260 e. The fourth-order valence-corrected chi connectivity index (χ4v) is 3.50. The SMILES string of the molecule is C[C@H](Nc1nc(N)ncc1C#N)c1cc2cccc(Cl)c2c(=O)n1CC(C)(C)C. The summed E-state index contributed by atoms with van der Waals surface area (Å²) < 4.78 is 1.74. The van der Waals surface area contributed by atoms with E-state index in [0.717, 1.165) is 11.1 Å². The lowest BCUT2D eigenvalue weighted by Gasteiger charge is -2.26. The third-order valence-electron chi connectivity index (χ3n) is 4.48. The summed E-state index contributed by atoms with van der Waals surface area (Å²) in [5.41, 5.74) is 6.45. The Kier molecular flexibility index (Phi) is 5.49. The van der Waals surface area contributed by atoms with E-state index in [-0.39, 0.29) is 28.5 Å². The van der Waals surface area contributed by atoms with Crippen LogP contribution < -0.4 is 16.6 Å². The van der Waals surface area contributed by atoms with E-state index in [1.165, 1.54) is 6.20 Å². The first kappa shape index (κ1) is 20.6. The Bertz CT molecular complexity index is 1170. The molecule has 7 nitrogen and oxygen atoms in total. The lowest BCUT2D eigenvalue weighted by Crippen LogP contribution is -2.31. The van der Waals surface area contributed by atoms with Crippen molar-refractivity contribution in [3.05, 3.63) is 57.1 Å². The van der Waals surface area contributed by atoms with Crippen molar-refractivity contribution in [1.29, 1.82) is 5.26 Å². The Balaban J connectivity index is 2.17. The first-order valence-corrected chi connectivity index (χ1v) is 9.59. The molecule has 0 saturated carbocycles. The van der Waals surface area contributed by atoms with Crippen molar-refractivity contribution >= 4 is 34.1 Å². The molecule has 3 rings (SSSR count). The van der Waals surface area contributed by atoms with Gasteiger partial charge in [0, 0.05) is 12.2 Å². The normalized spacial score (nSPS) is 12.6. The zero-order valence-electron chi connectivity index (χ0n) is 16.8. The van der Waals surface area contributed by atoms with Gasteiger partial charge in [-0.1, -0.05) is 44.5 Å². The van der Waals surface area contributed by atoms with Gasteiger partial charge in [0.2, 0.25) is 5.95 Å². The number of nitrogens with zero attached hydrogens (tertiary/aromatic N) is 4. The maximum Gasteiger partial charge on any atom is 0.260 e. The number of rotatable bonds is 4. The zero-order valence-corrected chi connectivity index (χ0v) is 17.6. The lowest BCUT2D eigenvalue weighted by atomic mass is 9.95. The molecular weight excluding hydrogens is 388 g/mol. The van der Waals surface area contributed by atoms with E-state index >= 15 is 0 Å². The van der Waals surface area contributed by atoms with Gasteiger partial charge in [-0.15, -0.1) is 0 Å². The second-order valence-corrected chi connectivity index (χ2v) is 8.60. The van der Waals surface area contributed by atoms with Gasteiger partial charge in [-0.3, -0.25) is 4.79 Å². The predicted octanol–water partition coefficient (Wildman–Crippen LogP) is 4.12. The van der Waals surface area contributed by atoms with Gasteiger partial charge in [0.1, 0.15) is 17.5 Å². The minimum atomic E-state index is -0.324. The van der Waals surface area contributed by atoms with Gasteiger partial charge in [0.25, 0.3) is 5.56 Å². The highest BCUT2D eigenvalue weighted by atomic mass is 35.5. The number of nitriles is 1. The number of aromatic nitrogens is 3. The quantitative estimate of drug-likeness (QED) is 0.669. The van der Waals surface area contributed by atoms with Crippen LogP contribution in [0.15, 0.2) is 35.3 Å². The van der Waals surface area contributed by atoms with Gasteiger partial charge in [0.15, 0.2) is 0 Å². The van der Waals surface area contributed by atoms with E-state index in [4.69, 9.17) is 17.3 Å². The van der Waals surface area contributed by atoms with Crippen LogP contribution in [0.2, 0.25) is 5.02 Å². The molecule has 0 bridgehead atoms. The third kappa shape index (κ3) is 4.33. The molecule has 2 aromatic heterocycles. The summed E-state index contributed by atoms with van der Waals surface area (Å²) in [7, 11) is 0. The molecule has 0 unspecified atom stereocenters. The number of halogens is 1. The fourth-order valence-electron chi connectivity index (χ4n) is 3.24. The molecule has 0 spiro atoms. The molecule has 0 aliphatic heterocycles. The summed E-state index contributed by atoms with van der Waals surface area (Å²) in [6.07, 6.45) is 1.37. The Morgan fingerprint density at radius 2 is 2.10 bits per heavy atom. The zero-order chi connectivity index (χ0) is 21.3. The highest BCUT2D eigenvalue weighted by molar-refractivity contribution is 6.35. The first-order chi connectivity index (χ1) is 13.6. The number of nitrogens with one attached hydrogen (secondary N) is 1. The van der Waals surface area contributed by atoms with Crippen molar-refractivity contribution in [2.24, 2.45) is 5.41 Å². The van der Waals surface area contributed by atoms with Crippen molar-refractivity contribution in [3.8, 4) is 6.07 Å². The van der Waals surface area contributed by atoms with E-state index in [0.29, 0.717) is 22.8 Å². The Labute approximate surface area is 174 Å². The maximum atomic E-state index is 13.3. The monoisotopic (exact) mass is 410 g/mol. The minimum Gasteiger partial charge on any atom is -0.368 e. The number of pyridine rings is 1. The minimum absolute atomic E-state index is 0.0658. The molecule has 8 heteroatoms. The molecule has 0 radical (unpaired) electrons. The van der Waals surface area contributed by atoms with E-state index in [9.17, 15) is 10.1 Å². The van der Waals surface area contributed by atoms with Crippen LogP contribution in [0.4, 0.5) is 11.8 Å². The van der Waals surface area contributed by atoms with Crippen molar-refractivity contribution in [3.63, 3.8) is 0 Å². The first-order valence-electron chi connectivity index (χ1n) is 9.22. The summed E-state index contributed by atoms with van der Waals surface area (Å²) in [4.78, 5) is 21.3. The second-order valence-electron chi connectivity index (χ2n) is 8.19. The topological polar surface area (TPSA) is 110 Å². The number of hydrogen-bond donors (Lipinski definition) is 2. The molecule has 0 amide bonds. The van der Waals surface area contributed by atoms with Crippen LogP contribution in [0, 0.1) is 16.7 Å². The number of nitrogen functional groups attached to an aromatic ring is 1. The molecule has 29 heavy (non-hydrogen) atoms. The number of benzene rings is 1. The molecule has 0 aliphatic carbocycles. The van der Waals surface area contributed by atoms with Crippen molar-refractivity contribution < 1.29 is 0 Å². The average molecular weight is 411 g/mol. The molecule has 2 heterocycles. The molecule has 0 fully saturated rings. The van der Waals surface area contributed by atoms with Gasteiger partial charge in [0.05, 0.1) is 22.6 Å². The van der Waals surface area contributed by atoms with Gasteiger partial charge in [-0.2, -0.15) is 10.2 Å². The van der Waals surface area contributed by atoms with Crippen molar-refractivity contribution in [2.45, 2.75) is 40.3 Å². The van der Waals surface area contributed by atoms with E-state index in [1.807, 2.05) is 25.1 Å². The maximum absolute atomic E-state index is 13.3. The van der Waals surface area contributed by atoms with E-state index in [2.05, 4.69) is 42.1 Å². The summed E-state index contributed by atoms with van der Waals surface area (Å²) in [5.74, 6) is 0.393. The number of nitrogens with two attached hydrogens (primary N) is 1. The number of hydrogen-bond acceptors (Lipinski definition) is 6. The molecule has 1 atom stereocenters. The van der Waals surface area contributed by atoms with Crippen LogP contribution in [-0.4, -0.2) is 14.5 Å². The Morgan fingerprint density at radius 1 is 1.38 bits per heavy atom. The Hall–Kier alpha value is -3.11. The van der Waals surface area contributed by atoms with E-state index in [1.54, 1.807) is 10.6 Å². The molecule has 0 saturated heterocycles. The summed E-state index contributed by atoms with van der Waals surface area (Å²) in [5, 5.41) is 14.2. The summed E-state index contributed by atoms with van der Waals surface area (Å²) >= 11 is 6.33. The van der Waals surface area contributed by atoms with Crippen LogP contribution in [-0.2, 0) is 6.54 Å². The third-order valence-corrected chi connectivity index (χ3v) is 4.79. The van der Waals surface area contributed by atoms with Crippen LogP contribution in [0.1, 0.15) is 45.0 Å². The highest BCUT2D eigenvalue weighted by Gasteiger charge is 2.21. The van der Waals surface area contributed by atoms with Crippen LogP contribution in [0.3, 0.4) is 0 Å². The Morgan fingerprint density at radius 3 is 2.76 bits per heavy atom. The molecule has 0 aliphatic rings. The molecule has 3 N–H and O–H groups in total. The second kappa shape index (κ2) is 7.72. The van der Waals surface area contributed by atoms with Crippen molar-refractivity contribution in [1.82, 2.24) is 14.5 Å². The molecule has 3 aromatic rings. The summed E-state index contributed by atoms with van der Waals surface area (Å²) in [6, 6.07) is 9.08. The predicted molar refractivity (Wildman–Crippen MR) is 116 cm³/mol. The standard InChI is InChI=1S/C21H23ClN6O/c1-12(26-18-14(9-23)10-25-20(24)27-18)16-8-13-6-5-7-15(22)17(13)19(29)28(16)11-21(2,3)4/h5-8,10,12H,11H2,1-4H3,(H3,24,25,26,27)/t12-/m0/s1. The molecular formula is C21H23ClN6O. The molecule has 150 valence electrons. The average Bonchev–Trinajstić information content (AvgIpc) is 2.63. The highest BCUT2D eigenvalue weighted by Crippen LogP contribution is 2.27. The fraction of sp³-hybridized carbons (Fsp3) is 0.333. The van der Waals surface area contributed by atoms with Gasteiger partial charge < -0.3 is 15.6 Å². The van der Waals surface area contributed by atoms with Crippen molar-refractivity contribution in [2.75, 3.05) is 11.1 Å². The van der Waals surface area contributed by atoms with Gasteiger partial charge in [-0.05, 0) is 29.9 Å². The lowest BCUT2D eigenvalue weighted by molar-refractivity contribution is 0.332. The van der Waals surface area contributed by atoms with Gasteiger partial charge >= 0.3 is 0 Å². The number of anilines is 2. The summed E-state index contributed by atoms with van der Waals surface area (Å²) in [6.45, 7) is 8.61.